The third-order valence-electron chi connectivity index (χ3n) is 3.96. The molecule has 2 rings (SSSR count). The fourth-order valence-corrected chi connectivity index (χ4v) is 3.63. The second-order valence-electron chi connectivity index (χ2n) is 5.37. The molecule has 1 saturated carbocycles. The highest BCUT2D eigenvalue weighted by atomic mass is 127. The van der Waals surface area contributed by atoms with Gasteiger partial charge in [0.1, 0.15) is 5.75 Å². The van der Waals surface area contributed by atoms with Gasteiger partial charge in [-0.05, 0) is 30.5 Å². The zero-order chi connectivity index (χ0) is 13.6. The van der Waals surface area contributed by atoms with Crippen LogP contribution in [0.1, 0.15) is 44.1 Å². The minimum absolute atomic E-state index is 0.108. The summed E-state index contributed by atoms with van der Waals surface area (Å²) in [5.41, 5.74) is 1.34. The average Bonchev–Trinajstić information content (AvgIpc) is 2.72. The maximum Gasteiger partial charge on any atom is 0.118 e. The molecule has 0 atom stereocenters. The lowest BCUT2D eigenvalue weighted by molar-refractivity contribution is -0.0472. The Hall–Kier alpha value is -0.290. The van der Waals surface area contributed by atoms with E-state index in [2.05, 4.69) is 34.7 Å². The summed E-state index contributed by atoms with van der Waals surface area (Å²) in [5.74, 6) is 0.904. The molecule has 2 nitrogen and oxygen atoms in total. The molecule has 0 unspecified atom stereocenters. The van der Waals surface area contributed by atoms with Crippen LogP contribution in [0.25, 0.3) is 0 Å². The fourth-order valence-electron chi connectivity index (χ4n) is 2.65. The summed E-state index contributed by atoms with van der Waals surface area (Å²) in [6.45, 7) is 0.715. The monoisotopic (exact) mass is 374 g/mol. The largest absolute Gasteiger partial charge is 0.497 e. The number of methoxy groups -OCH3 is 1. The SMILES string of the molecule is COc1ccc(COC2(CI)CCCCCC2)cc1. The second-order valence-corrected chi connectivity index (χ2v) is 6.13. The van der Waals surface area contributed by atoms with Crippen LogP contribution in [-0.4, -0.2) is 17.1 Å². The highest BCUT2D eigenvalue weighted by Gasteiger charge is 2.30. The molecule has 1 fully saturated rings. The van der Waals surface area contributed by atoms with E-state index >= 15 is 0 Å². The van der Waals surface area contributed by atoms with Gasteiger partial charge in [0, 0.05) is 4.43 Å². The molecule has 0 aromatic heterocycles. The van der Waals surface area contributed by atoms with Crippen molar-refractivity contribution in [1.82, 2.24) is 0 Å². The summed E-state index contributed by atoms with van der Waals surface area (Å²) in [5, 5.41) is 0. The van der Waals surface area contributed by atoms with E-state index in [0.717, 1.165) is 10.2 Å². The number of benzene rings is 1. The quantitative estimate of drug-likeness (QED) is 0.421. The Morgan fingerprint density at radius 1 is 1.05 bits per heavy atom. The van der Waals surface area contributed by atoms with Crippen LogP contribution in [0.4, 0.5) is 0 Å². The molecule has 0 heterocycles. The van der Waals surface area contributed by atoms with Crippen molar-refractivity contribution in [3.05, 3.63) is 29.8 Å². The lowest BCUT2D eigenvalue weighted by Gasteiger charge is -2.31. The van der Waals surface area contributed by atoms with Gasteiger partial charge in [0.2, 0.25) is 0 Å². The van der Waals surface area contributed by atoms with Gasteiger partial charge in [0.25, 0.3) is 0 Å². The predicted molar refractivity (Wildman–Crippen MR) is 87.1 cm³/mol. The first-order valence-electron chi connectivity index (χ1n) is 7.11. The lowest BCUT2D eigenvalue weighted by atomic mass is 9.96. The van der Waals surface area contributed by atoms with E-state index < -0.39 is 0 Å². The third kappa shape index (κ3) is 4.35. The van der Waals surface area contributed by atoms with E-state index in [-0.39, 0.29) is 5.60 Å². The number of hydrogen-bond acceptors (Lipinski definition) is 2. The van der Waals surface area contributed by atoms with E-state index in [0.29, 0.717) is 6.61 Å². The lowest BCUT2D eigenvalue weighted by Crippen LogP contribution is -2.33. The van der Waals surface area contributed by atoms with Gasteiger partial charge in [-0.15, -0.1) is 0 Å². The standard InChI is InChI=1S/C16H23IO2/c1-18-15-8-6-14(7-9-15)12-19-16(13-17)10-4-2-3-5-11-16/h6-9H,2-5,10-13H2,1H3. The molecule has 0 aliphatic heterocycles. The molecule has 1 aliphatic carbocycles. The van der Waals surface area contributed by atoms with Gasteiger partial charge in [-0.1, -0.05) is 60.4 Å². The Balaban J connectivity index is 1.94. The van der Waals surface area contributed by atoms with Crippen LogP contribution in [0, 0.1) is 0 Å². The third-order valence-corrected chi connectivity index (χ3v) is 5.35. The number of hydrogen-bond donors (Lipinski definition) is 0. The molecule has 0 spiro atoms. The summed E-state index contributed by atoms with van der Waals surface area (Å²) < 4.78 is 12.6. The van der Waals surface area contributed by atoms with Gasteiger partial charge in [0.05, 0.1) is 19.3 Å². The van der Waals surface area contributed by atoms with Gasteiger partial charge in [0.15, 0.2) is 0 Å². The Morgan fingerprint density at radius 2 is 1.68 bits per heavy atom. The van der Waals surface area contributed by atoms with Crippen LogP contribution in [0.2, 0.25) is 0 Å². The molecule has 1 aliphatic rings. The molecule has 1 aromatic carbocycles. The number of rotatable bonds is 5. The number of ether oxygens (including phenoxy) is 2. The van der Waals surface area contributed by atoms with Crippen molar-refractivity contribution >= 4 is 22.6 Å². The normalized spacial score (nSPS) is 18.8. The Labute approximate surface area is 130 Å². The van der Waals surface area contributed by atoms with E-state index in [1.807, 2.05) is 12.1 Å². The Kier molecular flexibility index (Phi) is 5.95. The minimum Gasteiger partial charge on any atom is -0.497 e. The summed E-state index contributed by atoms with van der Waals surface area (Å²) in [6, 6.07) is 8.19. The molecule has 0 saturated heterocycles. The van der Waals surface area contributed by atoms with Crippen molar-refractivity contribution in [3.8, 4) is 5.75 Å². The summed E-state index contributed by atoms with van der Waals surface area (Å²) in [4.78, 5) is 0. The Bertz CT molecular complexity index is 367. The first kappa shape index (κ1) is 15.1. The molecule has 1 aromatic rings. The summed E-state index contributed by atoms with van der Waals surface area (Å²) in [7, 11) is 1.70. The average molecular weight is 374 g/mol. The fraction of sp³-hybridized carbons (Fsp3) is 0.625. The van der Waals surface area contributed by atoms with Crippen molar-refractivity contribution < 1.29 is 9.47 Å². The number of halogens is 1. The number of alkyl halides is 1. The van der Waals surface area contributed by atoms with E-state index in [4.69, 9.17) is 9.47 Å². The minimum atomic E-state index is 0.108. The first-order chi connectivity index (χ1) is 9.28. The summed E-state index contributed by atoms with van der Waals surface area (Å²) >= 11 is 2.49. The van der Waals surface area contributed by atoms with E-state index in [9.17, 15) is 0 Å². The van der Waals surface area contributed by atoms with Crippen LogP contribution in [0.15, 0.2) is 24.3 Å². The molecule has 106 valence electrons. The second kappa shape index (κ2) is 7.48. The van der Waals surface area contributed by atoms with Crippen LogP contribution in [0.3, 0.4) is 0 Å². The van der Waals surface area contributed by atoms with Crippen LogP contribution < -0.4 is 4.74 Å². The Morgan fingerprint density at radius 3 is 2.21 bits per heavy atom. The van der Waals surface area contributed by atoms with Gasteiger partial charge in [-0.3, -0.25) is 0 Å². The molecule has 0 radical (unpaired) electrons. The van der Waals surface area contributed by atoms with E-state index in [1.165, 1.54) is 44.1 Å². The van der Waals surface area contributed by atoms with E-state index in [1.54, 1.807) is 7.11 Å². The van der Waals surface area contributed by atoms with Crippen molar-refractivity contribution in [2.75, 3.05) is 11.5 Å². The van der Waals surface area contributed by atoms with Crippen LogP contribution >= 0.6 is 22.6 Å². The van der Waals surface area contributed by atoms with Gasteiger partial charge >= 0.3 is 0 Å². The predicted octanol–water partition coefficient (Wildman–Crippen LogP) is 4.74. The molecule has 0 amide bonds. The zero-order valence-corrected chi connectivity index (χ0v) is 13.8. The molecular weight excluding hydrogens is 351 g/mol. The van der Waals surface area contributed by atoms with Gasteiger partial charge < -0.3 is 9.47 Å². The van der Waals surface area contributed by atoms with Crippen molar-refractivity contribution in [2.24, 2.45) is 0 Å². The molecule has 0 N–H and O–H groups in total. The molecule has 0 bridgehead atoms. The molecular formula is C16H23IO2. The van der Waals surface area contributed by atoms with Crippen LogP contribution in [-0.2, 0) is 11.3 Å². The van der Waals surface area contributed by atoms with Gasteiger partial charge in [-0.2, -0.15) is 0 Å². The van der Waals surface area contributed by atoms with Gasteiger partial charge in [-0.25, -0.2) is 0 Å². The molecule has 3 heteroatoms. The van der Waals surface area contributed by atoms with Crippen LogP contribution in [0.5, 0.6) is 5.75 Å². The highest BCUT2D eigenvalue weighted by molar-refractivity contribution is 14.1. The highest BCUT2D eigenvalue weighted by Crippen LogP contribution is 2.33. The summed E-state index contributed by atoms with van der Waals surface area (Å²) in [6.07, 6.45) is 7.78. The smallest absolute Gasteiger partial charge is 0.118 e. The van der Waals surface area contributed by atoms with Crippen molar-refractivity contribution in [3.63, 3.8) is 0 Å². The first-order valence-corrected chi connectivity index (χ1v) is 8.63. The maximum atomic E-state index is 6.31. The van der Waals surface area contributed by atoms with Crippen molar-refractivity contribution in [1.29, 1.82) is 0 Å². The maximum absolute atomic E-state index is 6.31. The van der Waals surface area contributed by atoms with Crippen molar-refractivity contribution in [2.45, 2.75) is 50.7 Å². The zero-order valence-electron chi connectivity index (χ0n) is 11.7. The molecule has 19 heavy (non-hydrogen) atoms. The topological polar surface area (TPSA) is 18.5 Å².